The van der Waals surface area contributed by atoms with Crippen molar-refractivity contribution >= 4 is 40.7 Å². The highest BCUT2D eigenvalue weighted by atomic mass is 35.5. The van der Waals surface area contributed by atoms with E-state index >= 15 is 0 Å². The van der Waals surface area contributed by atoms with Gasteiger partial charge in [-0.15, -0.1) is 0 Å². The molecular weight excluding hydrogens is 521 g/mol. The maximum atomic E-state index is 6.40. The Morgan fingerprint density at radius 1 is 0.684 bits per heavy atom. The first kappa shape index (κ1) is 26.2. The average Bonchev–Trinajstić information content (AvgIpc) is 3.43. The zero-order valence-corrected chi connectivity index (χ0v) is 24.4. The molecule has 1 aromatic carbocycles. The van der Waals surface area contributed by atoms with Crippen molar-refractivity contribution in [3.8, 4) is 11.9 Å². The minimum atomic E-state index is 0.438. The molecule has 1 aliphatic rings. The van der Waals surface area contributed by atoms with Gasteiger partial charge in [0, 0.05) is 30.6 Å². The molecule has 0 bridgehead atoms. The van der Waals surface area contributed by atoms with Gasteiger partial charge in [0.2, 0.25) is 0 Å². The summed E-state index contributed by atoms with van der Waals surface area (Å²) in [4.78, 5) is 18.9. The van der Waals surface area contributed by atoms with Crippen LogP contribution in [0, 0.1) is 41.5 Å². The van der Waals surface area contributed by atoms with Gasteiger partial charge in [0.1, 0.15) is 5.82 Å². The number of aryl methyl sites for hydroxylation is 2. The summed E-state index contributed by atoms with van der Waals surface area (Å²) in [6, 6.07) is 3.82. The van der Waals surface area contributed by atoms with E-state index in [1.54, 1.807) is 9.36 Å². The fourth-order valence-electron chi connectivity index (χ4n) is 4.74. The van der Waals surface area contributed by atoms with Crippen molar-refractivity contribution in [2.75, 3.05) is 22.9 Å². The van der Waals surface area contributed by atoms with Crippen LogP contribution in [0.2, 0.25) is 10.0 Å². The van der Waals surface area contributed by atoms with E-state index in [9.17, 15) is 0 Å². The summed E-state index contributed by atoms with van der Waals surface area (Å²) in [7, 11) is 0. The van der Waals surface area contributed by atoms with E-state index in [1.807, 2.05) is 59.8 Å². The Morgan fingerprint density at radius 2 is 1.11 bits per heavy atom. The van der Waals surface area contributed by atoms with Crippen molar-refractivity contribution in [3.63, 3.8) is 0 Å². The third kappa shape index (κ3) is 4.14. The lowest BCUT2D eigenvalue weighted by molar-refractivity contribution is 0.713. The van der Waals surface area contributed by atoms with Crippen LogP contribution in [0.3, 0.4) is 0 Å². The predicted octanol–water partition coefficient (Wildman–Crippen LogP) is 6.07. The van der Waals surface area contributed by atoms with Crippen LogP contribution in [0.15, 0.2) is 18.0 Å². The third-order valence-electron chi connectivity index (χ3n) is 7.36. The normalized spacial score (nSPS) is 13.1. The Morgan fingerprint density at radius 3 is 1.45 bits per heavy atom. The van der Waals surface area contributed by atoms with Crippen LogP contribution in [0.25, 0.3) is 18.0 Å². The van der Waals surface area contributed by atoms with Crippen molar-refractivity contribution in [2.45, 2.75) is 55.4 Å². The molecule has 38 heavy (non-hydrogen) atoms. The van der Waals surface area contributed by atoms with Gasteiger partial charge in [-0.25, -0.2) is 9.36 Å². The second-order valence-electron chi connectivity index (χ2n) is 9.45. The first-order valence-corrected chi connectivity index (χ1v) is 13.4. The van der Waals surface area contributed by atoms with Crippen LogP contribution in [0.5, 0.6) is 0 Å². The lowest BCUT2D eigenvalue weighted by Crippen LogP contribution is -2.28. The molecule has 0 spiro atoms. The fourth-order valence-corrected chi connectivity index (χ4v) is 5.06. The van der Waals surface area contributed by atoms with Crippen molar-refractivity contribution in [2.24, 2.45) is 0 Å². The predicted molar refractivity (Wildman–Crippen MR) is 153 cm³/mol. The highest BCUT2D eigenvalue weighted by molar-refractivity contribution is 6.42. The Bertz CT molecular complexity index is 1490. The minimum absolute atomic E-state index is 0.438. The van der Waals surface area contributed by atoms with E-state index in [1.165, 1.54) is 0 Å². The molecule has 11 heteroatoms. The number of halogens is 2. The smallest absolute Gasteiger partial charge is 0.256 e. The molecular formula is C27H31Cl2N9. The number of hydrogen-bond donors (Lipinski definition) is 0. The Labute approximate surface area is 232 Å². The van der Waals surface area contributed by atoms with E-state index in [0.29, 0.717) is 27.8 Å². The molecule has 4 heterocycles. The van der Waals surface area contributed by atoms with Gasteiger partial charge in [-0.05, 0) is 78.6 Å². The maximum Gasteiger partial charge on any atom is 0.256 e. The Hall–Kier alpha value is -3.43. The topological polar surface area (TPSA) is 80.8 Å². The SMILES string of the molecule is CCN1C(=Cc2nc(-n3nc(C)c(C)c3C)nc(-n3nc(C)c(C)c3C)n2)N(CC)c2cc(Cl)c(Cl)cc21. The molecule has 1 aliphatic heterocycles. The molecule has 0 radical (unpaired) electrons. The second kappa shape index (κ2) is 9.71. The van der Waals surface area contributed by atoms with Crippen molar-refractivity contribution in [3.05, 3.63) is 67.7 Å². The molecule has 5 rings (SSSR count). The quantitative estimate of drug-likeness (QED) is 0.298. The highest BCUT2D eigenvalue weighted by Gasteiger charge is 2.31. The maximum absolute atomic E-state index is 6.40. The number of nitrogens with zero attached hydrogens (tertiary/aromatic N) is 9. The summed E-state index contributed by atoms with van der Waals surface area (Å²) in [5.41, 5.74) is 8.00. The molecule has 0 saturated carbocycles. The van der Waals surface area contributed by atoms with Crippen LogP contribution in [0.4, 0.5) is 11.4 Å². The first-order valence-electron chi connectivity index (χ1n) is 12.6. The molecule has 3 aromatic heterocycles. The number of fused-ring (bicyclic) bond motifs is 1. The van der Waals surface area contributed by atoms with Gasteiger partial charge in [0.05, 0.1) is 32.8 Å². The lowest BCUT2D eigenvalue weighted by Gasteiger charge is -2.23. The molecule has 0 aliphatic carbocycles. The molecule has 0 amide bonds. The molecule has 9 nitrogen and oxygen atoms in total. The van der Waals surface area contributed by atoms with Gasteiger partial charge >= 0.3 is 0 Å². The standard InChI is InChI=1S/C27H31Cl2N9/c1-9-35-22-11-20(28)21(29)12-23(22)36(10-2)25(35)13-24-30-26(37-18(7)14(3)16(5)33-37)32-27(31-24)38-19(8)15(4)17(6)34-38/h11-13H,9-10H2,1-8H3. The van der Waals surface area contributed by atoms with E-state index in [4.69, 9.17) is 48.4 Å². The van der Waals surface area contributed by atoms with Gasteiger partial charge in [-0.3, -0.25) is 0 Å². The highest BCUT2D eigenvalue weighted by Crippen LogP contribution is 2.45. The van der Waals surface area contributed by atoms with Crippen molar-refractivity contribution < 1.29 is 0 Å². The monoisotopic (exact) mass is 551 g/mol. The molecule has 0 saturated heterocycles. The van der Waals surface area contributed by atoms with Gasteiger partial charge in [0.15, 0.2) is 5.82 Å². The van der Waals surface area contributed by atoms with Crippen LogP contribution in [-0.4, -0.2) is 47.6 Å². The Kier molecular flexibility index (Phi) is 6.69. The molecule has 0 fully saturated rings. The summed E-state index contributed by atoms with van der Waals surface area (Å²) in [5.74, 6) is 2.31. The number of anilines is 2. The summed E-state index contributed by atoms with van der Waals surface area (Å²) < 4.78 is 3.54. The summed E-state index contributed by atoms with van der Waals surface area (Å²) in [6.07, 6.45) is 1.97. The number of aromatic nitrogens is 7. The van der Waals surface area contributed by atoms with E-state index in [0.717, 1.165) is 64.2 Å². The zero-order chi connectivity index (χ0) is 27.5. The molecule has 4 aromatic rings. The summed E-state index contributed by atoms with van der Waals surface area (Å²) in [6.45, 7) is 17.8. The number of rotatable bonds is 5. The minimum Gasteiger partial charge on any atom is -0.326 e. The van der Waals surface area contributed by atoms with E-state index in [-0.39, 0.29) is 0 Å². The lowest BCUT2D eigenvalue weighted by atomic mass is 10.2. The van der Waals surface area contributed by atoms with Gasteiger partial charge in [-0.1, -0.05) is 23.2 Å². The average molecular weight is 553 g/mol. The van der Waals surface area contributed by atoms with Crippen molar-refractivity contribution in [1.29, 1.82) is 0 Å². The fraction of sp³-hybridized carbons (Fsp3) is 0.370. The largest absolute Gasteiger partial charge is 0.326 e. The third-order valence-corrected chi connectivity index (χ3v) is 8.08. The Balaban J connectivity index is 1.73. The zero-order valence-electron chi connectivity index (χ0n) is 22.9. The van der Waals surface area contributed by atoms with E-state index < -0.39 is 0 Å². The van der Waals surface area contributed by atoms with Crippen LogP contribution >= 0.6 is 23.2 Å². The van der Waals surface area contributed by atoms with Gasteiger partial charge < -0.3 is 9.80 Å². The van der Waals surface area contributed by atoms with Crippen LogP contribution < -0.4 is 9.80 Å². The molecule has 0 unspecified atom stereocenters. The first-order chi connectivity index (χ1) is 18.0. The summed E-state index contributed by atoms with van der Waals surface area (Å²) >= 11 is 12.8. The van der Waals surface area contributed by atoms with Crippen LogP contribution in [0.1, 0.15) is 53.6 Å². The van der Waals surface area contributed by atoms with Crippen molar-refractivity contribution in [1.82, 2.24) is 34.5 Å². The van der Waals surface area contributed by atoms with E-state index in [2.05, 4.69) is 23.6 Å². The number of hydrogen-bond acceptors (Lipinski definition) is 7. The number of benzene rings is 1. The summed E-state index contributed by atoms with van der Waals surface area (Å²) in [5, 5.41) is 10.5. The van der Waals surface area contributed by atoms with Gasteiger partial charge in [0.25, 0.3) is 11.9 Å². The second-order valence-corrected chi connectivity index (χ2v) is 10.3. The van der Waals surface area contributed by atoms with Gasteiger partial charge in [-0.2, -0.15) is 25.1 Å². The molecule has 198 valence electrons. The van der Waals surface area contributed by atoms with Crippen LogP contribution in [-0.2, 0) is 0 Å². The molecule has 0 N–H and O–H groups in total. The molecule has 0 atom stereocenters.